The minimum absolute atomic E-state index is 0.0661. The maximum absolute atomic E-state index is 12.5. The minimum Gasteiger partial charge on any atom is -0.496 e. The number of carbonyl (C=O) groups is 2. The first-order valence-electron chi connectivity index (χ1n) is 9.14. The Bertz CT molecular complexity index is 644. The van der Waals surface area contributed by atoms with Gasteiger partial charge < -0.3 is 20.1 Å². The summed E-state index contributed by atoms with van der Waals surface area (Å²) in [4.78, 5) is 26.4. The normalized spacial score (nSPS) is 15.6. The quantitative estimate of drug-likeness (QED) is 0.635. The summed E-state index contributed by atoms with van der Waals surface area (Å²) in [6.45, 7) is 6.97. The first-order valence-corrected chi connectivity index (χ1v) is 9.14. The molecule has 0 bridgehead atoms. The van der Waals surface area contributed by atoms with E-state index in [2.05, 4.69) is 0 Å². The van der Waals surface area contributed by atoms with E-state index in [9.17, 15) is 9.59 Å². The summed E-state index contributed by atoms with van der Waals surface area (Å²) in [6, 6.07) is 5.11. The van der Waals surface area contributed by atoms with Gasteiger partial charge in [-0.1, -0.05) is 0 Å². The van der Waals surface area contributed by atoms with Crippen molar-refractivity contribution >= 4 is 17.6 Å². The topological polar surface area (TPSA) is 81.9 Å². The number of amides is 1. The van der Waals surface area contributed by atoms with Crippen molar-refractivity contribution < 1.29 is 19.1 Å². The second kappa shape index (κ2) is 8.43. The third-order valence-electron chi connectivity index (χ3n) is 4.57. The van der Waals surface area contributed by atoms with Crippen LogP contribution in [0, 0.1) is 5.92 Å². The lowest BCUT2D eigenvalue weighted by molar-refractivity contribution is 0.0180. The molecule has 2 N–H and O–H groups in total. The fourth-order valence-corrected chi connectivity index (χ4v) is 3.14. The van der Waals surface area contributed by atoms with Gasteiger partial charge in [0, 0.05) is 31.3 Å². The van der Waals surface area contributed by atoms with Crippen LogP contribution in [0.5, 0.6) is 5.75 Å². The summed E-state index contributed by atoms with van der Waals surface area (Å²) in [5, 5.41) is 0. The van der Waals surface area contributed by atoms with Crippen LogP contribution in [0.15, 0.2) is 18.2 Å². The predicted octanol–water partition coefficient (Wildman–Crippen LogP) is 3.89. The zero-order chi connectivity index (χ0) is 19.3. The molecule has 0 aromatic heterocycles. The van der Waals surface area contributed by atoms with Crippen LogP contribution < -0.4 is 10.5 Å². The molecule has 0 aliphatic carbocycles. The van der Waals surface area contributed by atoms with Crippen molar-refractivity contribution in [3.8, 4) is 5.75 Å². The van der Waals surface area contributed by atoms with Gasteiger partial charge in [-0.2, -0.15) is 0 Å². The second-order valence-electron chi connectivity index (χ2n) is 7.83. The van der Waals surface area contributed by atoms with Crippen LogP contribution in [0.4, 0.5) is 10.5 Å². The standard InChI is InChI=1S/C20H30N2O4/c1-20(2,3)26-19(24)22-11-9-14(10-12-22)5-8-17(23)16-7-6-15(21)13-18(16)25-4/h6-7,13-14H,5,8-12,21H2,1-4H3. The van der Waals surface area contributed by atoms with E-state index in [0.717, 1.165) is 19.3 Å². The largest absolute Gasteiger partial charge is 0.496 e. The van der Waals surface area contributed by atoms with E-state index in [0.29, 0.717) is 42.4 Å². The van der Waals surface area contributed by atoms with Gasteiger partial charge >= 0.3 is 6.09 Å². The number of nitrogens with zero attached hydrogens (tertiary/aromatic N) is 1. The van der Waals surface area contributed by atoms with E-state index in [1.165, 1.54) is 7.11 Å². The number of ketones is 1. The predicted molar refractivity (Wildman–Crippen MR) is 102 cm³/mol. The molecule has 1 aromatic carbocycles. The Morgan fingerprint density at radius 3 is 2.46 bits per heavy atom. The Morgan fingerprint density at radius 2 is 1.88 bits per heavy atom. The molecule has 1 aliphatic rings. The fourth-order valence-electron chi connectivity index (χ4n) is 3.14. The number of rotatable bonds is 5. The Morgan fingerprint density at radius 1 is 1.23 bits per heavy atom. The molecule has 0 atom stereocenters. The van der Waals surface area contributed by atoms with E-state index in [-0.39, 0.29) is 11.9 Å². The number of carbonyl (C=O) groups excluding carboxylic acids is 2. The van der Waals surface area contributed by atoms with Crippen LogP contribution in [-0.4, -0.2) is 42.6 Å². The van der Waals surface area contributed by atoms with E-state index in [1.807, 2.05) is 20.8 Å². The van der Waals surface area contributed by atoms with Gasteiger partial charge in [-0.25, -0.2) is 4.79 Å². The van der Waals surface area contributed by atoms with Crippen molar-refractivity contribution in [2.45, 2.75) is 52.1 Å². The second-order valence-corrected chi connectivity index (χ2v) is 7.83. The average molecular weight is 362 g/mol. The van der Waals surface area contributed by atoms with Crippen molar-refractivity contribution in [2.75, 3.05) is 25.9 Å². The van der Waals surface area contributed by atoms with Crippen LogP contribution in [0.1, 0.15) is 56.8 Å². The lowest BCUT2D eigenvalue weighted by atomic mass is 9.90. The number of anilines is 1. The van der Waals surface area contributed by atoms with Gasteiger partial charge in [0.15, 0.2) is 5.78 Å². The summed E-state index contributed by atoms with van der Waals surface area (Å²) < 4.78 is 10.7. The van der Waals surface area contributed by atoms with Crippen molar-refractivity contribution in [3.05, 3.63) is 23.8 Å². The molecule has 1 aliphatic heterocycles. The van der Waals surface area contributed by atoms with Crippen molar-refractivity contribution in [1.29, 1.82) is 0 Å². The van der Waals surface area contributed by atoms with Gasteiger partial charge in [0.1, 0.15) is 11.4 Å². The molecule has 2 rings (SSSR count). The molecule has 0 unspecified atom stereocenters. The average Bonchev–Trinajstić information content (AvgIpc) is 2.58. The van der Waals surface area contributed by atoms with Crippen LogP contribution in [0.2, 0.25) is 0 Å². The first-order chi connectivity index (χ1) is 12.2. The lowest BCUT2D eigenvalue weighted by Gasteiger charge is -2.33. The van der Waals surface area contributed by atoms with Crippen LogP contribution >= 0.6 is 0 Å². The van der Waals surface area contributed by atoms with Crippen LogP contribution in [-0.2, 0) is 4.74 Å². The highest BCUT2D eigenvalue weighted by atomic mass is 16.6. The smallest absolute Gasteiger partial charge is 0.410 e. The molecule has 0 radical (unpaired) electrons. The molecular formula is C20H30N2O4. The van der Waals surface area contributed by atoms with Gasteiger partial charge in [-0.15, -0.1) is 0 Å². The van der Waals surface area contributed by atoms with Gasteiger partial charge in [0.05, 0.1) is 12.7 Å². The molecule has 6 heteroatoms. The third kappa shape index (κ3) is 5.64. The Hall–Kier alpha value is -2.24. The monoisotopic (exact) mass is 362 g/mol. The summed E-state index contributed by atoms with van der Waals surface area (Å²) in [5.74, 6) is 1.03. The zero-order valence-corrected chi connectivity index (χ0v) is 16.2. The fraction of sp³-hybridized carbons (Fsp3) is 0.600. The maximum atomic E-state index is 12.5. The summed E-state index contributed by atoms with van der Waals surface area (Å²) >= 11 is 0. The molecule has 0 spiro atoms. The molecule has 26 heavy (non-hydrogen) atoms. The van der Waals surface area contributed by atoms with Crippen molar-refractivity contribution in [2.24, 2.45) is 5.92 Å². The first kappa shape index (κ1) is 20.1. The Kier molecular flexibility index (Phi) is 6.51. The molecule has 1 aromatic rings. The number of hydrogen-bond donors (Lipinski definition) is 1. The highest BCUT2D eigenvalue weighted by Crippen LogP contribution is 2.27. The highest BCUT2D eigenvalue weighted by molar-refractivity contribution is 5.99. The number of piperidine rings is 1. The molecule has 1 amide bonds. The number of Topliss-reactive ketones (excluding diaryl/α,β-unsaturated/α-hetero) is 1. The van der Waals surface area contributed by atoms with Gasteiger partial charge in [-0.3, -0.25) is 4.79 Å². The van der Waals surface area contributed by atoms with E-state index >= 15 is 0 Å². The molecular weight excluding hydrogens is 332 g/mol. The molecule has 144 valence electrons. The van der Waals surface area contributed by atoms with E-state index in [1.54, 1.807) is 23.1 Å². The number of ether oxygens (including phenoxy) is 2. The number of methoxy groups -OCH3 is 1. The van der Waals surface area contributed by atoms with Gasteiger partial charge in [-0.05, 0) is 58.1 Å². The Balaban J connectivity index is 1.81. The summed E-state index contributed by atoms with van der Waals surface area (Å²) in [5.41, 5.74) is 6.42. The van der Waals surface area contributed by atoms with E-state index in [4.69, 9.17) is 15.2 Å². The van der Waals surface area contributed by atoms with Crippen LogP contribution in [0.25, 0.3) is 0 Å². The van der Waals surface area contributed by atoms with E-state index < -0.39 is 5.60 Å². The number of likely N-dealkylation sites (tertiary alicyclic amines) is 1. The Labute approximate surface area is 155 Å². The van der Waals surface area contributed by atoms with Crippen LogP contribution in [0.3, 0.4) is 0 Å². The van der Waals surface area contributed by atoms with Gasteiger partial charge in [0.25, 0.3) is 0 Å². The molecule has 1 heterocycles. The number of hydrogen-bond acceptors (Lipinski definition) is 5. The SMILES string of the molecule is COc1cc(N)ccc1C(=O)CCC1CCN(C(=O)OC(C)(C)C)CC1. The van der Waals surface area contributed by atoms with Crippen molar-refractivity contribution in [1.82, 2.24) is 4.90 Å². The molecule has 1 fully saturated rings. The molecule has 0 saturated carbocycles. The molecule has 1 saturated heterocycles. The lowest BCUT2D eigenvalue weighted by Crippen LogP contribution is -2.41. The number of nitrogens with two attached hydrogens (primary N) is 1. The maximum Gasteiger partial charge on any atom is 0.410 e. The highest BCUT2D eigenvalue weighted by Gasteiger charge is 2.27. The number of benzene rings is 1. The summed E-state index contributed by atoms with van der Waals surface area (Å²) in [7, 11) is 1.54. The van der Waals surface area contributed by atoms with Crippen molar-refractivity contribution in [3.63, 3.8) is 0 Å². The third-order valence-corrected chi connectivity index (χ3v) is 4.57. The molecule has 6 nitrogen and oxygen atoms in total. The zero-order valence-electron chi connectivity index (χ0n) is 16.2. The summed E-state index contributed by atoms with van der Waals surface area (Å²) in [6.07, 6.45) is 2.82. The number of nitrogen functional groups attached to an aromatic ring is 1. The van der Waals surface area contributed by atoms with Gasteiger partial charge in [0.2, 0.25) is 0 Å². The minimum atomic E-state index is -0.474.